The van der Waals surface area contributed by atoms with E-state index >= 15 is 0 Å². The minimum absolute atomic E-state index is 0.0675. The van der Waals surface area contributed by atoms with Crippen molar-refractivity contribution in [1.82, 2.24) is 0 Å². The van der Waals surface area contributed by atoms with E-state index in [2.05, 4.69) is 93.7 Å². The number of hydrogen-bond donors (Lipinski definition) is 0. The Morgan fingerprint density at radius 3 is 1.19 bits per heavy atom. The molecule has 0 aliphatic carbocycles. The Balaban J connectivity index is 4.28. The lowest BCUT2D eigenvalue weighted by Gasteiger charge is -2.18. The third-order valence-electron chi connectivity index (χ3n) is 11.7. The Morgan fingerprint density at radius 2 is 0.703 bits per heavy atom. The second-order valence-electron chi connectivity index (χ2n) is 18.1. The van der Waals surface area contributed by atoms with Gasteiger partial charge in [-0.25, -0.2) is 0 Å². The van der Waals surface area contributed by atoms with Gasteiger partial charge < -0.3 is 14.2 Å². The average Bonchev–Trinajstić information content (AvgIpc) is 3.30. The van der Waals surface area contributed by atoms with Crippen molar-refractivity contribution in [2.45, 2.75) is 271 Å². The Bertz CT molecular complexity index is 1150. The highest BCUT2D eigenvalue weighted by Gasteiger charge is 2.17. The van der Waals surface area contributed by atoms with E-state index in [1.807, 2.05) is 0 Å². The Hall–Kier alpha value is -2.66. The van der Waals surface area contributed by atoms with Gasteiger partial charge in [-0.2, -0.15) is 0 Å². The van der Waals surface area contributed by atoms with Gasteiger partial charge in [0.1, 0.15) is 6.61 Å². The van der Waals surface area contributed by atoms with Crippen LogP contribution >= 0.6 is 0 Å². The summed E-state index contributed by atoms with van der Waals surface area (Å²) >= 11 is 0. The van der Waals surface area contributed by atoms with E-state index in [4.69, 9.17) is 14.2 Å². The molecule has 5 nitrogen and oxygen atoms in total. The highest BCUT2D eigenvalue weighted by Crippen LogP contribution is 2.14. The summed E-state index contributed by atoms with van der Waals surface area (Å²) in [5.74, 6) is -0.434. The number of ether oxygens (including phenoxy) is 3. The lowest BCUT2D eigenvalue weighted by molar-refractivity contribution is -0.163. The number of carbonyl (C=O) groups is 2. The summed E-state index contributed by atoms with van der Waals surface area (Å²) in [4.78, 5) is 25.4. The number of unbranched alkanes of at least 4 members (excludes halogenated alkanes) is 27. The van der Waals surface area contributed by atoms with Gasteiger partial charge in [-0.15, -0.1) is 0 Å². The molecule has 0 aliphatic heterocycles. The van der Waals surface area contributed by atoms with Crippen LogP contribution in [0.25, 0.3) is 0 Å². The molecule has 0 N–H and O–H groups in total. The van der Waals surface area contributed by atoms with Gasteiger partial charge in [-0.05, 0) is 109 Å². The van der Waals surface area contributed by atoms with Gasteiger partial charge in [-0.3, -0.25) is 9.59 Å². The highest BCUT2D eigenvalue weighted by atomic mass is 16.6. The van der Waals surface area contributed by atoms with E-state index < -0.39 is 6.10 Å². The molecule has 1 unspecified atom stereocenters. The molecule has 0 saturated heterocycles. The van der Waals surface area contributed by atoms with Crippen LogP contribution in [-0.2, 0) is 23.8 Å². The zero-order valence-corrected chi connectivity index (χ0v) is 42.5. The molecule has 0 radical (unpaired) electrons. The molecule has 0 fully saturated rings. The molecule has 0 aliphatic rings. The standard InChI is InChI=1S/C59H104O5/c1-4-7-10-13-16-19-22-25-27-29-30-31-32-35-37-40-43-46-49-52-58(60)63-56-57(64-59(61)53-50-47-44-41-38-34-24-21-18-15-12-9-6-3)55-62-54-51-48-45-42-39-36-33-28-26-23-20-17-14-11-8-5-2/h9,12,16,18-19,21,25-28,34,38,57H,4-8,10-11,13-15,17,20,22-24,29-33,35-37,39-56H2,1-3H3/b12-9-,19-16-,21-18-,27-25-,28-26-,38-34-. The third kappa shape index (κ3) is 52.0. The molecule has 1 atom stereocenters. The predicted molar refractivity (Wildman–Crippen MR) is 279 cm³/mol. The number of carbonyl (C=O) groups excluding carboxylic acids is 2. The van der Waals surface area contributed by atoms with Gasteiger partial charge in [0.25, 0.3) is 0 Å². The van der Waals surface area contributed by atoms with Crippen LogP contribution in [0.1, 0.15) is 265 Å². The number of hydrogen-bond acceptors (Lipinski definition) is 5. The summed E-state index contributed by atoms with van der Waals surface area (Å²) in [5, 5.41) is 0. The summed E-state index contributed by atoms with van der Waals surface area (Å²) < 4.78 is 17.4. The van der Waals surface area contributed by atoms with Crippen LogP contribution in [0.2, 0.25) is 0 Å². The first kappa shape index (κ1) is 61.3. The number of allylic oxidation sites excluding steroid dienone is 12. The Kier molecular flexibility index (Phi) is 52.4. The van der Waals surface area contributed by atoms with Gasteiger partial charge in [0.15, 0.2) is 6.10 Å². The quantitative estimate of drug-likeness (QED) is 0.0346. The van der Waals surface area contributed by atoms with Gasteiger partial charge in [0, 0.05) is 19.4 Å². The van der Waals surface area contributed by atoms with Crippen LogP contribution in [0.5, 0.6) is 0 Å². The van der Waals surface area contributed by atoms with Crippen molar-refractivity contribution >= 4 is 11.9 Å². The summed E-state index contributed by atoms with van der Waals surface area (Å²) in [7, 11) is 0. The molecule has 64 heavy (non-hydrogen) atoms. The zero-order valence-electron chi connectivity index (χ0n) is 42.5. The minimum atomic E-state index is -0.558. The van der Waals surface area contributed by atoms with Crippen molar-refractivity contribution in [3.05, 3.63) is 72.9 Å². The molecule has 0 saturated carbocycles. The van der Waals surface area contributed by atoms with Crippen LogP contribution in [0.4, 0.5) is 0 Å². The molecule has 0 aromatic rings. The van der Waals surface area contributed by atoms with Gasteiger partial charge in [0.05, 0.1) is 6.61 Å². The van der Waals surface area contributed by atoms with Crippen molar-refractivity contribution in [2.24, 2.45) is 0 Å². The Labute approximate surface area is 397 Å². The zero-order chi connectivity index (χ0) is 46.3. The van der Waals surface area contributed by atoms with E-state index in [1.165, 1.54) is 148 Å². The van der Waals surface area contributed by atoms with Crippen LogP contribution in [-0.4, -0.2) is 37.9 Å². The first-order valence-electron chi connectivity index (χ1n) is 27.5. The first-order chi connectivity index (χ1) is 31.6. The second-order valence-corrected chi connectivity index (χ2v) is 18.1. The average molecular weight is 893 g/mol. The molecule has 0 aromatic carbocycles. The van der Waals surface area contributed by atoms with Crippen molar-refractivity contribution in [1.29, 1.82) is 0 Å². The summed E-state index contributed by atoms with van der Waals surface area (Å²) in [6.45, 7) is 7.66. The molecule has 0 spiro atoms. The Morgan fingerprint density at radius 1 is 0.359 bits per heavy atom. The molecule has 0 bridgehead atoms. The SMILES string of the molecule is CC/C=C\C/C=C\C/C=C\CCCCCC(=O)OC(COCCCCCCCC/C=C\CCCCCCCC)COC(=O)CCCCCCCCCCC/C=C\C/C=C\CCCCC. The number of esters is 2. The van der Waals surface area contributed by atoms with Crippen LogP contribution in [0.3, 0.4) is 0 Å². The van der Waals surface area contributed by atoms with E-state index in [0.29, 0.717) is 19.4 Å². The predicted octanol–water partition coefficient (Wildman–Crippen LogP) is 18.7. The lowest BCUT2D eigenvalue weighted by Crippen LogP contribution is -2.30. The smallest absolute Gasteiger partial charge is 0.306 e. The molecule has 5 heteroatoms. The third-order valence-corrected chi connectivity index (χ3v) is 11.7. The monoisotopic (exact) mass is 893 g/mol. The number of rotatable bonds is 50. The van der Waals surface area contributed by atoms with Crippen LogP contribution < -0.4 is 0 Å². The summed E-state index contributed by atoms with van der Waals surface area (Å²) in [6.07, 6.45) is 70.6. The topological polar surface area (TPSA) is 61.8 Å². The molecule has 0 amide bonds. The molecular weight excluding hydrogens is 789 g/mol. The van der Waals surface area contributed by atoms with E-state index in [1.54, 1.807) is 0 Å². The second kappa shape index (κ2) is 54.7. The highest BCUT2D eigenvalue weighted by molar-refractivity contribution is 5.70. The van der Waals surface area contributed by atoms with Gasteiger partial charge >= 0.3 is 11.9 Å². The molecule has 0 aromatic heterocycles. The largest absolute Gasteiger partial charge is 0.462 e. The van der Waals surface area contributed by atoms with Crippen molar-refractivity contribution in [2.75, 3.05) is 19.8 Å². The fourth-order valence-corrected chi connectivity index (χ4v) is 7.61. The van der Waals surface area contributed by atoms with Crippen LogP contribution in [0.15, 0.2) is 72.9 Å². The summed E-state index contributed by atoms with van der Waals surface area (Å²) in [6, 6.07) is 0. The fraction of sp³-hybridized carbons (Fsp3) is 0.763. The van der Waals surface area contributed by atoms with E-state index in [-0.39, 0.29) is 25.2 Å². The lowest BCUT2D eigenvalue weighted by atomic mass is 10.1. The van der Waals surface area contributed by atoms with Crippen LogP contribution in [0, 0.1) is 0 Å². The van der Waals surface area contributed by atoms with Gasteiger partial charge in [0.2, 0.25) is 0 Å². The maximum atomic E-state index is 12.8. The summed E-state index contributed by atoms with van der Waals surface area (Å²) in [5.41, 5.74) is 0. The maximum Gasteiger partial charge on any atom is 0.306 e. The normalized spacial score (nSPS) is 12.7. The minimum Gasteiger partial charge on any atom is -0.462 e. The molecule has 370 valence electrons. The molecular formula is C59H104O5. The van der Waals surface area contributed by atoms with Crippen molar-refractivity contribution in [3.8, 4) is 0 Å². The molecule has 0 rings (SSSR count). The van der Waals surface area contributed by atoms with Crippen molar-refractivity contribution in [3.63, 3.8) is 0 Å². The van der Waals surface area contributed by atoms with Gasteiger partial charge in [-0.1, -0.05) is 216 Å². The van der Waals surface area contributed by atoms with E-state index in [9.17, 15) is 9.59 Å². The fourth-order valence-electron chi connectivity index (χ4n) is 7.61. The maximum absolute atomic E-state index is 12.8. The van der Waals surface area contributed by atoms with E-state index in [0.717, 1.165) is 83.5 Å². The first-order valence-corrected chi connectivity index (χ1v) is 27.5. The van der Waals surface area contributed by atoms with Crippen molar-refractivity contribution < 1.29 is 23.8 Å². The molecule has 0 heterocycles.